The Balaban J connectivity index is 2.94. The van der Waals surface area contributed by atoms with Gasteiger partial charge in [-0.3, -0.25) is 4.79 Å². The third-order valence-electron chi connectivity index (χ3n) is 3.91. The first-order valence-electron chi connectivity index (χ1n) is 6.80. The Kier molecular flexibility index (Phi) is 5.34. The van der Waals surface area contributed by atoms with Gasteiger partial charge in [0.05, 0.1) is 0 Å². The Labute approximate surface area is 115 Å². The maximum Gasteiger partial charge on any atom is 0.324 e. The van der Waals surface area contributed by atoms with Gasteiger partial charge < -0.3 is 5.11 Å². The summed E-state index contributed by atoms with van der Waals surface area (Å²) < 4.78 is 28.1. The van der Waals surface area contributed by atoms with Gasteiger partial charge in [0.25, 0.3) is 10.2 Å². The van der Waals surface area contributed by atoms with Crippen LogP contribution in [0.15, 0.2) is 0 Å². The quantitative estimate of drug-likeness (QED) is 0.770. The van der Waals surface area contributed by atoms with Crippen LogP contribution >= 0.6 is 0 Å². The van der Waals surface area contributed by atoms with Crippen LogP contribution in [0.3, 0.4) is 0 Å². The van der Waals surface area contributed by atoms with E-state index in [1.165, 1.54) is 4.31 Å². The molecule has 1 saturated carbocycles. The second-order valence-corrected chi connectivity index (χ2v) is 6.93. The number of carboxylic acid groups (broad SMARTS) is 1. The third kappa shape index (κ3) is 3.67. The lowest BCUT2D eigenvalue weighted by atomic mass is 9.78. The zero-order valence-electron chi connectivity index (χ0n) is 11.8. The van der Waals surface area contributed by atoms with Crippen LogP contribution in [0.25, 0.3) is 0 Å². The van der Waals surface area contributed by atoms with Gasteiger partial charge in [-0.05, 0) is 31.6 Å². The van der Waals surface area contributed by atoms with Crippen LogP contribution in [-0.4, -0.2) is 42.4 Å². The molecule has 1 rings (SSSR count). The van der Waals surface area contributed by atoms with Crippen molar-refractivity contribution in [3.63, 3.8) is 0 Å². The minimum Gasteiger partial charge on any atom is -0.480 e. The first-order chi connectivity index (χ1) is 8.77. The van der Waals surface area contributed by atoms with Crippen molar-refractivity contribution in [2.24, 2.45) is 5.92 Å². The molecule has 0 bridgehead atoms. The number of nitrogens with zero attached hydrogens (tertiary/aromatic N) is 1. The van der Waals surface area contributed by atoms with Crippen LogP contribution < -0.4 is 4.72 Å². The molecule has 0 unspecified atom stereocenters. The summed E-state index contributed by atoms with van der Waals surface area (Å²) in [7, 11) is -3.74. The van der Waals surface area contributed by atoms with E-state index in [4.69, 9.17) is 0 Å². The molecule has 1 aliphatic carbocycles. The molecule has 0 radical (unpaired) electrons. The number of hydrogen-bond donors (Lipinski definition) is 2. The summed E-state index contributed by atoms with van der Waals surface area (Å²) in [5.41, 5.74) is -1.34. The molecule has 0 saturated heterocycles. The van der Waals surface area contributed by atoms with Crippen molar-refractivity contribution in [3.05, 3.63) is 0 Å². The second-order valence-electron chi connectivity index (χ2n) is 5.26. The van der Waals surface area contributed by atoms with Gasteiger partial charge in [0.2, 0.25) is 0 Å². The zero-order chi connectivity index (χ0) is 14.7. The standard InChI is InChI=1S/C12H24N2O4S/c1-4-14(5-2)19(17,18)13-12(11(15)16)8-6-10(3)7-9-12/h10,13H,4-9H2,1-3H3,(H,15,16). The zero-order valence-corrected chi connectivity index (χ0v) is 12.7. The van der Waals surface area contributed by atoms with Crippen LogP contribution in [-0.2, 0) is 15.0 Å². The molecule has 0 aromatic carbocycles. The number of rotatable bonds is 6. The fourth-order valence-corrected chi connectivity index (χ4v) is 4.08. The summed E-state index contributed by atoms with van der Waals surface area (Å²) in [4.78, 5) is 11.5. The van der Waals surface area contributed by atoms with Gasteiger partial charge in [-0.15, -0.1) is 0 Å². The Bertz CT molecular complexity index is 409. The van der Waals surface area contributed by atoms with Crippen molar-refractivity contribution in [1.82, 2.24) is 9.03 Å². The SMILES string of the molecule is CCN(CC)S(=O)(=O)NC1(C(=O)O)CCC(C)CC1. The lowest BCUT2D eigenvalue weighted by Crippen LogP contribution is -2.59. The molecule has 1 fully saturated rings. The van der Waals surface area contributed by atoms with E-state index in [-0.39, 0.29) is 0 Å². The summed E-state index contributed by atoms with van der Waals surface area (Å²) in [5.74, 6) is -0.624. The van der Waals surface area contributed by atoms with E-state index in [9.17, 15) is 18.3 Å². The second kappa shape index (κ2) is 6.19. The minimum atomic E-state index is -3.74. The van der Waals surface area contributed by atoms with Gasteiger partial charge in [-0.1, -0.05) is 20.8 Å². The maximum absolute atomic E-state index is 12.2. The molecule has 112 valence electrons. The number of hydrogen-bond acceptors (Lipinski definition) is 3. The van der Waals surface area contributed by atoms with Crippen LogP contribution in [0.4, 0.5) is 0 Å². The molecule has 0 aromatic heterocycles. The van der Waals surface area contributed by atoms with Crippen LogP contribution in [0.2, 0.25) is 0 Å². The van der Waals surface area contributed by atoms with E-state index in [0.29, 0.717) is 31.8 Å². The molecular weight excluding hydrogens is 268 g/mol. The van der Waals surface area contributed by atoms with E-state index in [0.717, 1.165) is 12.8 Å². The van der Waals surface area contributed by atoms with Crippen LogP contribution in [0, 0.1) is 5.92 Å². The van der Waals surface area contributed by atoms with Gasteiger partial charge in [0, 0.05) is 13.1 Å². The first-order valence-corrected chi connectivity index (χ1v) is 8.24. The van der Waals surface area contributed by atoms with Crippen molar-refractivity contribution >= 4 is 16.2 Å². The molecule has 1 aliphatic rings. The van der Waals surface area contributed by atoms with E-state index in [1.807, 2.05) is 0 Å². The van der Waals surface area contributed by atoms with Crippen molar-refractivity contribution < 1.29 is 18.3 Å². The van der Waals surface area contributed by atoms with Crippen molar-refractivity contribution in [3.8, 4) is 0 Å². The Morgan fingerprint density at radius 1 is 1.32 bits per heavy atom. The lowest BCUT2D eigenvalue weighted by molar-refractivity contribution is -0.145. The number of nitrogens with one attached hydrogen (secondary N) is 1. The highest BCUT2D eigenvalue weighted by molar-refractivity contribution is 7.87. The Morgan fingerprint density at radius 3 is 2.16 bits per heavy atom. The molecular formula is C12H24N2O4S. The largest absolute Gasteiger partial charge is 0.480 e. The lowest BCUT2D eigenvalue weighted by Gasteiger charge is -2.37. The number of aliphatic carboxylic acids is 1. The first kappa shape index (κ1) is 16.4. The van der Waals surface area contributed by atoms with Gasteiger partial charge in [-0.25, -0.2) is 0 Å². The monoisotopic (exact) mass is 292 g/mol. The molecule has 6 nitrogen and oxygen atoms in total. The molecule has 7 heteroatoms. The highest BCUT2D eigenvalue weighted by Crippen LogP contribution is 2.33. The summed E-state index contributed by atoms with van der Waals surface area (Å²) in [5, 5.41) is 9.42. The smallest absolute Gasteiger partial charge is 0.324 e. The predicted molar refractivity (Wildman–Crippen MR) is 73.0 cm³/mol. The minimum absolute atomic E-state index is 0.331. The van der Waals surface area contributed by atoms with E-state index in [2.05, 4.69) is 11.6 Å². The highest BCUT2D eigenvalue weighted by atomic mass is 32.2. The molecule has 0 heterocycles. The van der Waals surface area contributed by atoms with E-state index >= 15 is 0 Å². The predicted octanol–water partition coefficient (Wildman–Crippen LogP) is 1.20. The Morgan fingerprint density at radius 2 is 1.79 bits per heavy atom. The van der Waals surface area contributed by atoms with E-state index < -0.39 is 21.7 Å². The highest BCUT2D eigenvalue weighted by Gasteiger charge is 2.45. The fourth-order valence-electron chi connectivity index (χ4n) is 2.49. The average Bonchev–Trinajstić information content (AvgIpc) is 2.33. The number of carboxylic acids is 1. The van der Waals surface area contributed by atoms with Gasteiger partial charge in [-0.2, -0.15) is 17.4 Å². The van der Waals surface area contributed by atoms with Gasteiger partial charge >= 0.3 is 5.97 Å². The topological polar surface area (TPSA) is 86.7 Å². The van der Waals surface area contributed by atoms with Crippen molar-refractivity contribution in [2.45, 2.75) is 52.0 Å². The summed E-state index contributed by atoms with van der Waals surface area (Å²) in [6, 6.07) is 0. The number of carbonyl (C=O) groups is 1. The molecule has 19 heavy (non-hydrogen) atoms. The van der Waals surface area contributed by atoms with Crippen molar-refractivity contribution in [2.75, 3.05) is 13.1 Å². The summed E-state index contributed by atoms with van der Waals surface area (Å²) >= 11 is 0. The summed E-state index contributed by atoms with van der Waals surface area (Å²) in [6.45, 7) is 6.19. The van der Waals surface area contributed by atoms with Crippen LogP contribution in [0.1, 0.15) is 46.5 Å². The third-order valence-corrected chi connectivity index (χ3v) is 5.75. The molecule has 0 atom stereocenters. The molecule has 0 aromatic rings. The van der Waals surface area contributed by atoms with Gasteiger partial charge in [0.1, 0.15) is 5.54 Å². The molecule has 0 aliphatic heterocycles. The molecule has 0 spiro atoms. The fraction of sp³-hybridized carbons (Fsp3) is 0.917. The van der Waals surface area contributed by atoms with Crippen molar-refractivity contribution in [1.29, 1.82) is 0 Å². The van der Waals surface area contributed by atoms with Crippen LogP contribution in [0.5, 0.6) is 0 Å². The Hall–Kier alpha value is -0.660. The average molecular weight is 292 g/mol. The molecule has 2 N–H and O–H groups in total. The summed E-state index contributed by atoms with van der Waals surface area (Å²) in [6.07, 6.45) is 2.16. The maximum atomic E-state index is 12.2. The van der Waals surface area contributed by atoms with Gasteiger partial charge in [0.15, 0.2) is 0 Å². The molecule has 0 amide bonds. The van der Waals surface area contributed by atoms with E-state index in [1.54, 1.807) is 13.8 Å². The normalized spacial score (nSPS) is 28.5.